The van der Waals surface area contributed by atoms with Crippen LogP contribution in [0.3, 0.4) is 0 Å². The summed E-state index contributed by atoms with van der Waals surface area (Å²) in [5, 5.41) is 11.0. The van der Waals surface area contributed by atoms with E-state index in [0.717, 1.165) is 0 Å². The summed E-state index contributed by atoms with van der Waals surface area (Å²) >= 11 is 0. The van der Waals surface area contributed by atoms with E-state index < -0.39 is 47.5 Å². The molecule has 2 amide bonds. The van der Waals surface area contributed by atoms with Crippen molar-refractivity contribution in [2.75, 3.05) is 0 Å². The molecule has 3 atom stereocenters. The molecule has 0 rings (SSSR count). The highest BCUT2D eigenvalue weighted by Gasteiger charge is 2.32. The number of carboxylic acids is 1. The second-order valence-electron chi connectivity index (χ2n) is 6.57. The van der Waals surface area contributed by atoms with Crippen molar-refractivity contribution in [3.8, 4) is 0 Å². The van der Waals surface area contributed by atoms with Gasteiger partial charge < -0.3 is 27.6 Å². The van der Waals surface area contributed by atoms with Gasteiger partial charge in [-0.1, -0.05) is 13.8 Å². The van der Waals surface area contributed by atoms with Crippen molar-refractivity contribution in [2.45, 2.75) is 64.1 Å². The molecular weight excluding hydrogens is 344 g/mol. The van der Waals surface area contributed by atoms with Crippen LogP contribution in [0.4, 0.5) is 0 Å². The first-order valence-corrected chi connectivity index (χ1v) is 8.35. The lowest BCUT2D eigenvalue weighted by atomic mass is 9.93. The topological polar surface area (TPSA) is 196 Å². The van der Waals surface area contributed by atoms with Gasteiger partial charge in [0.1, 0.15) is 0 Å². The fourth-order valence-electron chi connectivity index (χ4n) is 2.18. The number of hydrogen-bond donors (Lipinski definition) is 5. The number of hydrogen-bond acceptors (Lipinski definition) is 7. The number of carbonyl (C=O) groups excluding carboxylic acids is 4. The van der Waals surface area contributed by atoms with Gasteiger partial charge in [0, 0.05) is 12.8 Å². The molecule has 8 N–H and O–H groups in total. The Morgan fingerprint density at radius 1 is 0.923 bits per heavy atom. The predicted octanol–water partition coefficient (Wildman–Crippen LogP) is -1.56. The summed E-state index contributed by atoms with van der Waals surface area (Å²) in [6.07, 6.45) is -0.420. The Kier molecular flexibility index (Phi) is 10.3. The van der Waals surface area contributed by atoms with Crippen LogP contribution in [0.15, 0.2) is 0 Å². The van der Waals surface area contributed by atoms with E-state index in [1.54, 1.807) is 13.8 Å². The lowest BCUT2D eigenvalue weighted by molar-refractivity contribution is -0.140. The first kappa shape index (κ1) is 23.7. The zero-order valence-corrected chi connectivity index (χ0v) is 15.1. The Bertz CT molecular complexity index is 549. The van der Waals surface area contributed by atoms with E-state index in [2.05, 4.69) is 5.32 Å². The number of Topliss-reactive ketones (excluding diaryl/α,β-unsaturated/α-hetero) is 2. The molecule has 0 aromatic rings. The molecule has 0 radical (unpaired) electrons. The van der Waals surface area contributed by atoms with Crippen LogP contribution in [0.2, 0.25) is 0 Å². The number of nitrogens with two attached hydrogens (primary N) is 3. The van der Waals surface area contributed by atoms with E-state index in [9.17, 15) is 24.0 Å². The first-order valence-electron chi connectivity index (χ1n) is 8.35. The summed E-state index contributed by atoms with van der Waals surface area (Å²) in [5.74, 6) is -4.28. The molecule has 0 aromatic heterocycles. The van der Waals surface area contributed by atoms with Gasteiger partial charge in [0.15, 0.2) is 0 Å². The Hall–Kier alpha value is -2.33. The molecule has 10 heteroatoms. The zero-order valence-electron chi connectivity index (χ0n) is 15.1. The lowest BCUT2D eigenvalue weighted by Gasteiger charge is -2.22. The molecule has 10 nitrogen and oxygen atoms in total. The van der Waals surface area contributed by atoms with E-state index in [0.29, 0.717) is 0 Å². The molecule has 0 saturated carbocycles. The average molecular weight is 372 g/mol. The maximum Gasteiger partial charge on any atom is 0.303 e. The summed E-state index contributed by atoms with van der Waals surface area (Å²) in [5.41, 5.74) is 16.2. The van der Waals surface area contributed by atoms with Crippen LogP contribution in [0, 0.1) is 5.92 Å². The molecule has 26 heavy (non-hydrogen) atoms. The van der Waals surface area contributed by atoms with Gasteiger partial charge in [-0.2, -0.15) is 0 Å². The van der Waals surface area contributed by atoms with Crippen LogP contribution >= 0.6 is 0 Å². The monoisotopic (exact) mass is 372 g/mol. The van der Waals surface area contributed by atoms with Gasteiger partial charge in [-0.3, -0.25) is 24.0 Å². The summed E-state index contributed by atoms with van der Waals surface area (Å²) in [6.45, 7) is 3.60. The molecule has 0 heterocycles. The van der Waals surface area contributed by atoms with Gasteiger partial charge in [-0.15, -0.1) is 0 Å². The van der Waals surface area contributed by atoms with E-state index in [1.165, 1.54) is 0 Å². The Balaban J connectivity index is 4.97. The number of carboxylic acid groups (broad SMARTS) is 1. The van der Waals surface area contributed by atoms with Gasteiger partial charge in [0.25, 0.3) is 0 Å². The minimum Gasteiger partial charge on any atom is -0.481 e. The van der Waals surface area contributed by atoms with Crippen molar-refractivity contribution in [1.82, 2.24) is 5.32 Å². The third kappa shape index (κ3) is 9.23. The van der Waals surface area contributed by atoms with Crippen LogP contribution in [0.5, 0.6) is 0 Å². The Labute approximate surface area is 151 Å². The van der Waals surface area contributed by atoms with Gasteiger partial charge in [0.2, 0.25) is 23.4 Å². The quantitative estimate of drug-likeness (QED) is 0.239. The predicted molar refractivity (Wildman–Crippen MR) is 92.6 cm³/mol. The number of rotatable bonds is 13. The van der Waals surface area contributed by atoms with Crippen molar-refractivity contribution >= 4 is 29.4 Å². The molecule has 0 aromatic carbocycles. The second-order valence-corrected chi connectivity index (χ2v) is 6.57. The van der Waals surface area contributed by atoms with E-state index in [1.807, 2.05) is 0 Å². The molecular formula is C16H28N4O6. The molecule has 0 unspecified atom stereocenters. The standard InChI is InChI=1S/C16H28N4O6/c1-8(2)7-11(20-16(26)10(18)3-5-12(19)21)15(25)14(24)9(17)4-6-13(22)23/h8-11H,3-7,17-18H2,1-2H3,(H2,19,21)(H,20,26)(H,22,23)/t9-,10-,11-/m0/s1. The van der Waals surface area contributed by atoms with Gasteiger partial charge in [0.05, 0.1) is 18.1 Å². The number of nitrogens with one attached hydrogen (secondary N) is 1. The van der Waals surface area contributed by atoms with Crippen LogP contribution in [-0.2, 0) is 24.0 Å². The minimum atomic E-state index is -1.26. The molecule has 0 bridgehead atoms. The van der Waals surface area contributed by atoms with Crippen molar-refractivity contribution in [1.29, 1.82) is 0 Å². The Morgan fingerprint density at radius 2 is 1.46 bits per heavy atom. The number of amides is 2. The van der Waals surface area contributed by atoms with Crippen LogP contribution in [-0.4, -0.2) is 52.6 Å². The molecule has 0 saturated heterocycles. The van der Waals surface area contributed by atoms with Crippen molar-refractivity contribution in [3.63, 3.8) is 0 Å². The molecule has 0 spiro atoms. The maximum atomic E-state index is 12.4. The summed E-state index contributed by atoms with van der Waals surface area (Å²) in [7, 11) is 0. The number of ketones is 2. The SMILES string of the molecule is CC(C)C[C@H](NC(=O)[C@@H](N)CCC(N)=O)C(=O)C(=O)[C@@H](N)CCC(=O)O. The van der Waals surface area contributed by atoms with Crippen LogP contribution in [0.25, 0.3) is 0 Å². The largest absolute Gasteiger partial charge is 0.481 e. The molecule has 0 fully saturated rings. The van der Waals surface area contributed by atoms with Gasteiger partial charge in [-0.05, 0) is 25.2 Å². The third-order valence-electron chi connectivity index (χ3n) is 3.63. The van der Waals surface area contributed by atoms with E-state index >= 15 is 0 Å². The highest BCUT2D eigenvalue weighted by Crippen LogP contribution is 2.09. The fourth-order valence-corrected chi connectivity index (χ4v) is 2.18. The third-order valence-corrected chi connectivity index (χ3v) is 3.63. The first-order chi connectivity index (χ1) is 12.0. The van der Waals surface area contributed by atoms with Crippen molar-refractivity contribution in [3.05, 3.63) is 0 Å². The summed E-state index contributed by atoms with van der Waals surface area (Å²) in [6, 6.07) is -3.43. The minimum absolute atomic E-state index is 0.00975. The Morgan fingerprint density at radius 3 is 1.92 bits per heavy atom. The van der Waals surface area contributed by atoms with E-state index in [4.69, 9.17) is 22.3 Å². The maximum absolute atomic E-state index is 12.4. The molecule has 148 valence electrons. The number of carbonyl (C=O) groups is 5. The van der Waals surface area contributed by atoms with Crippen LogP contribution < -0.4 is 22.5 Å². The van der Waals surface area contributed by atoms with Gasteiger partial charge >= 0.3 is 5.97 Å². The number of primary amides is 1. The highest BCUT2D eigenvalue weighted by molar-refractivity contribution is 6.41. The molecule has 0 aliphatic rings. The number of aliphatic carboxylic acids is 1. The smallest absolute Gasteiger partial charge is 0.303 e. The molecule has 0 aliphatic heterocycles. The lowest BCUT2D eigenvalue weighted by Crippen LogP contribution is -2.52. The zero-order chi connectivity index (χ0) is 20.4. The van der Waals surface area contributed by atoms with Gasteiger partial charge in [-0.25, -0.2) is 0 Å². The van der Waals surface area contributed by atoms with Crippen molar-refractivity contribution < 1.29 is 29.1 Å². The average Bonchev–Trinajstić information content (AvgIpc) is 2.54. The summed E-state index contributed by atoms with van der Waals surface area (Å²) < 4.78 is 0. The van der Waals surface area contributed by atoms with Crippen LogP contribution in [0.1, 0.15) is 46.0 Å². The fraction of sp³-hybridized carbons (Fsp3) is 0.688. The van der Waals surface area contributed by atoms with Crippen molar-refractivity contribution in [2.24, 2.45) is 23.1 Å². The van der Waals surface area contributed by atoms with E-state index in [-0.39, 0.29) is 38.0 Å². The summed E-state index contributed by atoms with van der Waals surface area (Å²) in [4.78, 5) is 57.9. The molecule has 0 aliphatic carbocycles. The second kappa shape index (κ2) is 11.3. The normalized spacial score (nSPS) is 14.3. The highest BCUT2D eigenvalue weighted by atomic mass is 16.4.